The van der Waals surface area contributed by atoms with E-state index in [-0.39, 0.29) is 12.1 Å². The third-order valence-corrected chi connectivity index (χ3v) is 7.13. The van der Waals surface area contributed by atoms with E-state index in [0.717, 1.165) is 28.7 Å². The Hall–Kier alpha value is -3.16. The Morgan fingerprint density at radius 3 is 2.41 bits per heavy atom. The van der Waals surface area contributed by atoms with Crippen molar-refractivity contribution >= 4 is 40.2 Å². The smallest absolute Gasteiger partial charge is 0.316 e. The van der Waals surface area contributed by atoms with E-state index in [4.69, 9.17) is 11.6 Å². The lowest BCUT2D eigenvalue weighted by atomic mass is 10.0. The van der Waals surface area contributed by atoms with Crippen LogP contribution in [0.2, 0.25) is 5.02 Å². The second-order valence-corrected chi connectivity index (χ2v) is 9.83. The van der Waals surface area contributed by atoms with Crippen molar-refractivity contribution in [2.75, 3.05) is 5.75 Å². The molecule has 0 aliphatic heterocycles. The Balaban J connectivity index is 1.33. The van der Waals surface area contributed by atoms with Crippen LogP contribution in [0.5, 0.6) is 0 Å². The summed E-state index contributed by atoms with van der Waals surface area (Å²) in [6.45, 7) is 2.13. The van der Waals surface area contributed by atoms with E-state index in [0.29, 0.717) is 28.1 Å². The van der Waals surface area contributed by atoms with Gasteiger partial charge in [-0.25, -0.2) is 4.68 Å². The van der Waals surface area contributed by atoms with E-state index < -0.39 is 11.2 Å². The number of aryl methyl sites for hydroxylation is 3. The quantitative estimate of drug-likeness (QED) is 0.343. The molecule has 0 aliphatic rings. The molecule has 4 rings (SSSR count). The van der Waals surface area contributed by atoms with Gasteiger partial charge in [0.05, 0.1) is 5.39 Å². The minimum Gasteiger partial charge on any atom is -0.480 e. The first-order valence-electron chi connectivity index (χ1n) is 10.9. The molecule has 0 fully saturated rings. The lowest BCUT2D eigenvalue weighted by molar-refractivity contribution is -0.136. The SMILES string of the molecule is Cc1ccc2c(=O)n(CCC(SCCc3ccc(-c4ccc(Cl)cc4)cc3)C(=O)O)nnc2c1. The van der Waals surface area contributed by atoms with Gasteiger partial charge in [-0.2, -0.15) is 0 Å². The number of fused-ring (bicyclic) bond motifs is 1. The molecule has 1 heterocycles. The molecule has 8 heteroatoms. The molecule has 0 bridgehead atoms. The van der Waals surface area contributed by atoms with Crippen LogP contribution in [0, 0.1) is 6.92 Å². The van der Waals surface area contributed by atoms with Crippen molar-refractivity contribution in [3.05, 3.63) is 93.2 Å². The first kappa shape index (κ1) is 24.0. The molecule has 0 saturated carbocycles. The summed E-state index contributed by atoms with van der Waals surface area (Å²) in [5, 5.41) is 18.3. The number of carboxylic acids is 1. The van der Waals surface area contributed by atoms with Crippen LogP contribution in [0.1, 0.15) is 17.5 Å². The normalized spacial score (nSPS) is 12.1. The first-order valence-corrected chi connectivity index (χ1v) is 12.4. The Morgan fingerprint density at radius 1 is 1.06 bits per heavy atom. The lowest BCUT2D eigenvalue weighted by Crippen LogP contribution is -2.28. The third-order valence-electron chi connectivity index (χ3n) is 5.60. The van der Waals surface area contributed by atoms with Gasteiger partial charge in [0.25, 0.3) is 5.56 Å². The average molecular weight is 494 g/mol. The van der Waals surface area contributed by atoms with Crippen LogP contribution in [0.25, 0.3) is 22.0 Å². The molecule has 0 amide bonds. The molecule has 3 aromatic carbocycles. The molecule has 0 spiro atoms. The molecule has 1 atom stereocenters. The largest absolute Gasteiger partial charge is 0.480 e. The van der Waals surface area contributed by atoms with E-state index >= 15 is 0 Å². The molecule has 34 heavy (non-hydrogen) atoms. The van der Waals surface area contributed by atoms with E-state index in [2.05, 4.69) is 34.6 Å². The van der Waals surface area contributed by atoms with E-state index in [1.165, 1.54) is 16.4 Å². The van der Waals surface area contributed by atoms with Gasteiger partial charge in [0.2, 0.25) is 0 Å². The number of rotatable bonds is 9. The summed E-state index contributed by atoms with van der Waals surface area (Å²) >= 11 is 7.33. The number of thioether (sulfide) groups is 1. The topological polar surface area (TPSA) is 85.1 Å². The van der Waals surface area contributed by atoms with Crippen molar-refractivity contribution in [3.63, 3.8) is 0 Å². The van der Waals surface area contributed by atoms with Crippen LogP contribution < -0.4 is 5.56 Å². The predicted octanol–water partition coefficient (Wildman–Crippen LogP) is 5.24. The second-order valence-electron chi connectivity index (χ2n) is 8.08. The minimum atomic E-state index is -0.888. The van der Waals surface area contributed by atoms with Crippen molar-refractivity contribution in [3.8, 4) is 11.1 Å². The van der Waals surface area contributed by atoms with Crippen molar-refractivity contribution in [1.82, 2.24) is 15.0 Å². The summed E-state index contributed by atoms with van der Waals surface area (Å²) in [6.07, 6.45) is 1.05. The Bertz CT molecular complexity index is 1350. The highest BCUT2D eigenvalue weighted by molar-refractivity contribution is 8.00. The third kappa shape index (κ3) is 5.85. The predicted molar refractivity (Wildman–Crippen MR) is 138 cm³/mol. The summed E-state index contributed by atoms with van der Waals surface area (Å²) < 4.78 is 1.25. The maximum atomic E-state index is 12.7. The summed E-state index contributed by atoms with van der Waals surface area (Å²) in [4.78, 5) is 24.4. The molecule has 0 saturated heterocycles. The van der Waals surface area contributed by atoms with Gasteiger partial charge >= 0.3 is 5.97 Å². The fraction of sp³-hybridized carbons (Fsp3) is 0.231. The van der Waals surface area contributed by atoms with Crippen LogP contribution in [0.3, 0.4) is 0 Å². The fourth-order valence-electron chi connectivity index (χ4n) is 3.68. The molecule has 1 aromatic heterocycles. The molecular formula is C26H24ClN3O3S. The Morgan fingerprint density at radius 2 is 1.74 bits per heavy atom. The van der Waals surface area contributed by atoms with Crippen LogP contribution in [0.4, 0.5) is 0 Å². The van der Waals surface area contributed by atoms with Gasteiger partial charge in [0.1, 0.15) is 10.8 Å². The summed E-state index contributed by atoms with van der Waals surface area (Å²) in [5.74, 6) is -0.227. The second kappa shape index (κ2) is 10.8. The summed E-state index contributed by atoms with van der Waals surface area (Å²) in [6, 6.07) is 21.3. The molecule has 0 aliphatic carbocycles. The molecule has 1 unspecified atom stereocenters. The average Bonchev–Trinajstić information content (AvgIpc) is 2.83. The number of carbonyl (C=O) groups is 1. The molecular weight excluding hydrogens is 470 g/mol. The maximum Gasteiger partial charge on any atom is 0.316 e. The number of nitrogens with zero attached hydrogens (tertiary/aromatic N) is 3. The summed E-state index contributed by atoms with van der Waals surface area (Å²) in [5.41, 5.74) is 4.64. The fourth-order valence-corrected chi connectivity index (χ4v) is 4.85. The van der Waals surface area contributed by atoms with Gasteiger partial charge in [-0.1, -0.05) is 59.3 Å². The zero-order chi connectivity index (χ0) is 24.1. The number of hydrogen-bond acceptors (Lipinski definition) is 5. The van der Waals surface area contributed by atoms with Crippen LogP contribution >= 0.6 is 23.4 Å². The van der Waals surface area contributed by atoms with Crippen LogP contribution in [-0.4, -0.2) is 37.1 Å². The minimum absolute atomic E-state index is 0.204. The van der Waals surface area contributed by atoms with Crippen LogP contribution in [0.15, 0.2) is 71.5 Å². The highest BCUT2D eigenvalue weighted by atomic mass is 35.5. The monoisotopic (exact) mass is 493 g/mol. The number of aromatic nitrogens is 3. The van der Waals surface area contributed by atoms with Crippen molar-refractivity contribution in [2.24, 2.45) is 0 Å². The Kier molecular flexibility index (Phi) is 7.65. The standard InChI is InChI=1S/C26H24ClN3O3S/c1-17-2-11-22-23(16-17)28-29-30(25(22)31)14-12-24(26(32)33)34-15-13-18-3-5-19(6-4-18)20-7-9-21(27)10-8-20/h2-11,16,24H,12-15H2,1H3,(H,32,33). The van der Waals surface area contributed by atoms with Crippen LogP contribution in [-0.2, 0) is 17.8 Å². The van der Waals surface area contributed by atoms with Gasteiger partial charge in [0, 0.05) is 11.6 Å². The Labute approximate surface area is 206 Å². The van der Waals surface area contributed by atoms with Crippen molar-refractivity contribution < 1.29 is 9.90 Å². The number of carboxylic acid groups (broad SMARTS) is 1. The first-order chi connectivity index (χ1) is 16.4. The number of aliphatic carboxylic acids is 1. The molecule has 4 aromatic rings. The molecule has 6 nitrogen and oxygen atoms in total. The van der Waals surface area contributed by atoms with Gasteiger partial charge in [0.15, 0.2) is 0 Å². The highest BCUT2D eigenvalue weighted by Crippen LogP contribution is 2.23. The van der Waals surface area contributed by atoms with Crippen molar-refractivity contribution in [2.45, 2.75) is 31.6 Å². The van der Waals surface area contributed by atoms with Gasteiger partial charge in [-0.05, 0) is 72.0 Å². The van der Waals surface area contributed by atoms with Crippen molar-refractivity contribution in [1.29, 1.82) is 0 Å². The maximum absolute atomic E-state index is 12.7. The van der Waals surface area contributed by atoms with E-state index in [9.17, 15) is 14.7 Å². The number of benzene rings is 3. The highest BCUT2D eigenvalue weighted by Gasteiger charge is 2.19. The van der Waals surface area contributed by atoms with Gasteiger partial charge in [-0.15, -0.1) is 16.9 Å². The zero-order valence-electron chi connectivity index (χ0n) is 18.6. The molecule has 1 N–H and O–H groups in total. The molecule has 0 radical (unpaired) electrons. The summed E-state index contributed by atoms with van der Waals surface area (Å²) in [7, 11) is 0. The van der Waals surface area contributed by atoms with Gasteiger partial charge < -0.3 is 5.11 Å². The van der Waals surface area contributed by atoms with Gasteiger partial charge in [-0.3, -0.25) is 9.59 Å². The molecule has 174 valence electrons. The zero-order valence-corrected chi connectivity index (χ0v) is 20.2. The van der Waals surface area contributed by atoms with E-state index in [1.807, 2.05) is 43.3 Å². The number of halogens is 1. The number of hydrogen-bond donors (Lipinski definition) is 1. The lowest BCUT2D eigenvalue weighted by Gasteiger charge is -2.13. The van der Waals surface area contributed by atoms with E-state index in [1.54, 1.807) is 6.07 Å².